The number of cyclic esters (lactones) is 1. The highest BCUT2D eigenvalue weighted by molar-refractivity contribution is 5.88. The molecule has 1 heterocycles. The number of methoxy groups -OCH3 is 1. The molecule has 0 fully saturated rings. The zero-order valence-electron chi connectivity index (χ0n) is 20.7. The lowest BCUT2D eigenvalue weighted by atomic mass is 9.97. The van der Waals surface area contributed by atoms with Gasteiger partial charge in [0.2, 0.25) is 11.8 Å². The predicted molar refractivity (Wildman–Crippen MR) is 133 cm³/mol. The van der Waals surface area contributed by atoms with Gasteiger partial charge in [0.25, 0.3) is 6.02 Å². The van der Waals surface area contributed by atoms with Gasteiger partial charge < -0.3 is 14.2 Å². The number of allylic oxidation sites excluding steroid dienone is 4. The third-order valence-electron chi connectivity index (χ3n) is 4.56. The second-order valence-electron chi connectivity index (χ2n) is 6.69. The van der Waals surface area contributed by atoms with Crippen molar-refractivity contribution in [1.29, 1.82) is 0 Å². The lowest BCUT2D eigenvalue weighted by Crippen LogP contribution is -2.30. The van der Waals surface area contributed by atoms with Gasteiger partial charge in [-0.3, -0.25) is 14.9 Å². The van der Waals surface area contributed by atoms with E-state index in [2.05, 4.69) is 33.5 Å². The first-order valence-corrected chi connectivity index (χ1v) is 10.9. The third kappa shape index (κ3) is 11.0. The molecule has 1 amide bonds. The number of amides is 1. The lowest BCUT2D eigenvalue weighted by Gasteiger charge is -2.17. The fourth-order valence-electron chi connectivity index (χ4n) is 2.90. The SMILES string of the molecule is C=C.CC/C=C\C(OC)=C(\CCOC(=NC)NC1=C(C=O)C(CC)C=CC(=O)O1)CC(=O)N=[N+]=[N-]. The lowest BCUT2D eigenvalue weighted by molar-refractivity contribution is -0.134. The molecule has 11 nitrogen and oxygen atoms in total. The molecule has 0 aliphatic carbocycles. The van der Waals surface area contributed by atoms with Crippen molar-refractivity contribution in [3.05, 3.63) is 70.7 Å². The molecule has 0 saturated heterocycles. The highest BCUT2D eigenvalue weighted by atomic mass is 16.6. The summed E-state index contributed by atoms with van der Waals surface area (Å²) in [6.07, 6.45) is 8.56. The summed E-state index contributed by atoms with van der Waals surface area (Å²) in [5.74, 6) is -1.17. The van der Waals surface area contributed by atoms with Crippen LogP contribution in [0.3, 0.4) is 0 Å². The maximum atomic E-state index is 11.9. The third-order valence-corrected chi connectivity index (χ3v) is 4.56. The van der Waals surface area contributed by atoms with Gasteiger partial charge in [0.05, 0.1) is 19.3 Å². The minimum absolute atomic E-state index is 0.0118. The molecule has 1 rings (SSSR count). The van der Waals surface area contributed by atoms with Gasteiger partial charge in [-0.05, 0) is 35.1 Å². The van der Waals surface area contributed by atoms with Gasteiger partial charge in [-0.15, -0.1) is 13.2 Å². The summed E-state index contributed by atoms with van der Waals surface area (Å²) in [5.41, 5.74) is 9.33. The van der Waals surface area contributed by atoms with Crippen molar-refractivity contribution in [3.8, 4) is 0 Å². The molecule has 1 aliphatic rings. The van der Waals surface area contributed by atoms with E-state index < -0.39 is 11.9 Å². The van der Waals surface area contributed by atoms with Gasteiger partial charge in [-0.1, -0.05) is 26.0 Å². The van der Waals surface area contributed by atoms with Gasteiger partial charge >= 0.3 is 5.97 Å². The Hall–Kier alpha value is -4.11. The van der Waals surface area contributed by atoms with Crippen LogP contribution in [0, 0.1) is 5.92 Å². The van der Waals surface area contributed by atoms with E-state index in [1.807, 2.05) is 19.9 Å². The van der Waals surface area contributed by atoms with Crippen LogP contribution in [0.4, 0.5) is 0 Å². The van der Waals surface area contributed by atoms with Gasteiger partial charge in [-0.2, -0.15) is 0 Å². The highest BCUT2D eigenvalue weighted by Crippen LogP contribution is 2.22. The number of carbonyl (C=O) groups excluding carboxylic acids is 3. The van der Waals surface area contributed by atoms with E-state index in [1.165, 1.54) is 20.2 Å². The van der Waals surface area contributed by atoms with Crippen molar-refractivity contribution in [3.63, 3.8) is 0 Å². The van der Waals surface area contributed by atoms with Crippen molar-refractivity contribution in [2.24, 2.45) is 16.0 Å². The Labute approximate surface area is 205 Å². The highest BCUT2D eigenvalue weighted by Gasteiger charge is 2.23. The number of hydrogen-bond acceptors (Lipinski definition) is 7. The summed E-state index contributed by atoms with van der Waals surface area (Å²) in [6.45, 7) is 9.90. The van der Waals surface area contributed by atoms with Crippen LogP contribution >= 0.6 is 0 Å². The number of amidine groups is 1. The van der Waals surface area contributed by atoms with Gasteiger partial charge in [0.15, 0.2) is 6.29 Å². The molecule has 0 aromatic carbocycles. The fraction of sp³-hybridized carbons (Fsp3) is 0.417. The average Bonchev–Trinajstić information content (AvgIpc) is 3.02. The first kappa shape index (κ1) is 30.9. The zero-order chi connectivity index (χ0) is 26.6. The molecule has 1 unspecified atom stereocenters. The van der Waals surface area contributed by atoms with Crippen LogP contribution in [0.25, 0.3) is 10.4 Å². The fourth-order valence-corrected chi connectivity index (χ4v) is 2.90. The van der Waals surface area contributed by atoms with Crippen molar-refractivity contribution >= 4 is 24.2 Å². The number of aldehydes is 1. The quantitative estimate of drug-likeness (QED) is 0.0433. The molecule has 0 spiro atoms. The molecule has 1 aliphatic heterocycles. The van der Waals surface area contributed by atoms with Gasteiger partial charge in [0.1, 0.15) is 5.76 Å². The second kappa shape index (κ2) is 18.3. The maximum Gasteiger partial charge on any atom is 0.337 e. The Bertz CT molecular complexity index is 942. The Morgan fingerprint density at radius 2 is 2.09 bits per heavy atom. The predicted octanol–water partition coefficient (Wildman–Crippen LogP) is 4.41. The first-order valence-electron chi connectivity index (χ1n) is 10.9. The monoisotopic (exact) mass is 487 g/mol. The van der Waals surface area contributed by atoms with Crippen LogP contribution in [0.5, 0.6) is 0 Å². The van der Waals surface area contributed by atoms with E-state index in [9.17, 15) is 14.4 Å². The number of nitrogens with one attached hydrogen (secondary N) is 1. The molecule has 0 aromatic rings. The van der Waals surface area contributed by atoms with Crippen LogP contribution < -0.4 is 5.32 Å². The summed E-state index contributed by atoms with van der Waals surface area (Å²) in [4.78, 5) is 41.8. The number of aliphatic imine (C=N–C) groups is 1. The van der Waals surface area contributed by atoms with Crippen molar-refractivity contribution in [2.45, 2.75) is 39.5 Å². The number of ether oxygens (including phenoxy) is 3. The van der Waals surface area contributed by atoms with Crippen molar-refractivity contribution in [2.75, 3.05) is 20.8 Å². The number of hydrogen-bond donors (Lipinski definition) is 1. The van der Waals surface area contributed by atoms with Crippen LogP contribution in [-0.2, 0) is 28.6 Å². The minimum atomic E-state index is -0.654. The topological polar surface area (TPSA) is 152 Å². The number of esters is 1. The molecular formula is C24H33N5O6. The van der Waals surface area contributed by atoms with Crippen LogP contribution in [0.1, 0.15) is 39.5 Å². The Morgan fingerprint density at radius 1 is 1.37 bits per heavy atom. The van der Waals surface area contributed by atoms with Gasteiger partial charge in [0, 0.05) is 36.8 Å². The number of nitrogens with zero attached hydrogens (tertiary/aromatic N) is 4. The van der Waals surface area contributed by atoms with Crippen LogP contribution in [0.15, 0.2) is 70.4 Å². The summed E-state index contributed by atoms with van der Waals surface area (Å²) in [7, 11) is 2.94. The Balaban J connectivity index is 0.00000562. The number of rotatable bonds is 11. The summed E-state index contributed by atoms with van der Waals surface area (Å²) in [5, 5.41) is 5.86. The van der Waals surface area contributed by atoms with E-state index >= 15 is 0 Å². The maximum absolute atomic E-state index is 11.9. The van der Waals surface area contributed by atoms with Crippen molar-refractivity contribution < 1.29 is 28.6 Å². The molecule has 0 radical (unpaired) electrons. The van der Waals surface area contributed by atoms with E-state index in [1.54, 1.807) is 12.2 Å². The largest absolute Gasteiger partial charge is 0.497 e. The Kier molecular flexibility index (Phi) is 16.2. The molecule has 0 aromatic heterocycles. The zero-order valence-corrected chi connectivity index (χ0v) is 20.7. The molecule has 0 bridgehead atoms. The normalized spacial score (nSPS) is 16.2. The standard InChI is InChI=1S/C22H29N5O6.C2H4/c1-5-7-8-18(31-4)16(13-19(29)26-27-23)11-12-32-22(24-3)25-21-17(14-28)15(6-2)9-10-20(30)33-21;1-2/h7-10,14-15H,5-6,11-13H2,1-4H3,(H,24,25);1-2H2/b8-7-,18-16+;. The van der Waals surface area contributed by atoms with Crippen LogP contribution in [-0.4, -0.2) is 44.9 Å². The molecule has 11 heteroatoms. The molecule has 0 saturated carbocycles. The van der Waals surface area contributed by atoms with Crippen LogP contribution in [0.2, 0.25) is 0 Å². The van der Waals surface area contributed by atoms with Crippen molar-refractivity contribution in [1.82, 2.24) is 5.32 Å². The molecule has 1 N–H and O–H groups in total. The average molecular weight is 488 g/mol. The summed E-state index contributed by atoms with van der Waals surface area (Å²) >= 11 is 0. The van der Waals surface area contributed by atoms with E-state index in [-0.39, 0.29) is 42.8 Å². The van der Waals surface area contributed by atoms with E-state index in [0.717, 1.165) is 6.42 Å². The summed E-state index contributed by atoms with van der Waals surface area (Å²) in [6, 6.07) is 0.0118. The van der Waals surface area contributed by atoms with E-state index in [4.69, 9.17) is 19.7 Å². The molecule has 35 heavy (non-hydrogen) atoms. The summed E-state index contributed by atoms with van der Waals surface area (Å²) < 4.78 is 16.2. The second-order valence-corrected chi connectivity index (χ2v) is 6.69. The first-order chi connectivity index (χ1) is 16.9. The molecule has 1 atom stereocenters. The Morgan fingerprint density at radius 3 is 2.63 bits per heavy atom. The van der Waals surface area contributed by atoms with E-state index in [0.29, 0.717) is 24.0 Å². The van der Waals surface area contributed by atoms with Gasteiger partial charge in [-0.25, -0.2) is 9.79 Å². The molecule has 190 valence electrons. The number of carbonyl (C=O) groups is 3. The number of azide groups is 1. The minimum Gasteiger partial charge on any atom is -0.497 e. The molecular weight excluding hydrogens is 454 g/mol. The smallest absolute Gasteiger partial charge is 0.337 e.